The second kappa shape index (κ2) is 25.9. The third kappa shape index (κ3) is 14.6. The van der Waals surface area contributed by atoms with Crippen LogP contribution in [0.1, 0.15) is 26.3 Å². The number of aromatic hydroxyl groups is 3. The molecule has 32 heteroatoms. The number of carboxylic acids is 2. The largest absolute Gasteiger partial charge is 1.00 e. The van der Waals surface area contributed by atoms with Crippen LogP contribution in [0, 0.1) is 6.92 Å². The molecule has 1 aromatic heterocycles. The van der Waals surface area contributed by atoms with Crippen molar-refractivity contribution < 1.29 is 137 Å². The summed E-state index contributed by atoms with van der Waals surface area (Å²) in [6.07, 6.45) is 0.773. The zero-order valence-corrected chi connectivity index (χ0v) is 50.3. The van der Waals surface area contributed by atoms with Crippen molar-refractivity contribution in [3.8, 4) is 39.9 Å². The first-order chi connectivity index (χ1) is 37.9. The Morgan fingerprint density at radius 2 is 1.13 bits per heavy atom. The van der Waals surface area contributed by atoms with Crippen LogP contribution in [0.25, 0.3) is 21.9 Å². The van der Waals surface area contributed by atoms with E-state index in [1.165, 1.54) is 38.3 Å². The maximum absolute atomic E-state index is 13.9. The number of fused-ring (bicyclic) bond motifs is 1. The summed E-state index contributed by atoms with van der Waals surface area (Å²) in [6, 6.07) is 26.2. The smallest absolute Gasteiger partial charge is 0.545 e. The predicted octanol–water partition coefficient (Wildman–Crippen LogP) is 0.931. The van der Waals surface area contributed by atoms with Gasteiger partial charge in [-0.3, -0.25) is 8.37 Å². The molecule has 0 unspecified atom stereocenters. The molecule has 0 atom stereocenters. The first kappa shape index (κ1) is 63.3. The van der Waals surface area contributed by atoms with Crippen LogP contribution in [0.5, 0.6) is 28.7 Å². The molecule has 82 heavy (non-hydrogen) atoms. The molecule has 7 aromatic carbocycles. The normalized spacial score (nSPS) is 11.7. The van der Waals surface area contributed by atoms with Crippen LogP contribution in [0.3, 0.4) is 0 Å². The molecule has 1 heterocycles. The summed E-state index contributed by atoms with van der Waals surface area (Å²) in [5.41, 5.74) is -0.817. The summed E-state index contributed by atoms with van der Waals surface area (Å²) in [5, 5.41) is 81.0. The summed E-state index contributed by atoms with van der Waals surface area (Å²) >= 11 is 0. The predicted molar refractivity (Wildman–Crippen MR) is 282 cm³/mol. The second-order valence-electron chi connectivity index (χ2n) is 16.6. The van der Waals surface area contributed by atoms with Crippen molar-refractivity contribution in [3.63, 3.8) is 0 Å². The minimum atomic E-state index is -4.78. The van der Waals surface area contributed by atoms with Gasteiger partial charge in [0, 0.05) is 39.5 Å². The molecule has 0 aliphatic rings. The molecular weight excluding hydrogens is 1150 g/mol. The van der Waals surface area contributed by atoms with Gasteiger partial charge in [0.25, 0.3) is 10.1 Å². The molecule has 0 fully saturated rings. The van der Waals surface area contributed by atoms with E-state index in [4.69, 9.17) is 13.1 Å². The van der Waals surface area contributed by atoms with E-state index in [0.29, 0.717) is 17.1 Å². The van der Waals surface area contributed by atoms with E-state index in [1.54, 1.807) is 54.6 Å². The van der Waals surface area contributed by atoms with E-state index in [2.05, 4.69) is 55.5 Å². The maximum atomic E-state index is 13.9. The quantitative estimate of drug-likeness (QED) is 0.0351. The Balaban J connectivity index is 0.00000541. The summed E-state index contributed by atoms with van der Waals surface area (Å²) < 4.78 is 98.3. The number of rotatable bonds is 20. The van der Waals surface area contributed by atoms with Crippen LogP contribution in [-0.2, 0) is 38.7 Å². The number of carboxylic acid groups (broad SMARTS) is 2. The Bertz CT molecular complexity index is 4220. The van der Waals surface area contributed by atoms with Crippen LogP contribution >= 0.6 is 0 Å². The van der Waals surface area contributed by atoms with Crippen molar-refractivity contribution in [2.75, 3.05) is 43.5 Å². The number of nitrogens with one attached hydrogen (secondary N) is 3. The van der Waals surface area contributed by atoms with E-state index in [-0.39, 0.29) is 133 Å². The molecule has 0 saturated carbocycles. The number of phenols is 3. The van der Waals surface area contributed by atoms with Gasteiger partial charge < -0.3 is 60.0 Å². The van der Waals surface area contributed by atoms with E-state index >= 15 is 0 Å². The number of anilines is 6. The van der Waals surface area contributed by atoms with Crippen molar-refractivity contribution in [1.29, 1.82) is 0 Å². The minimum Gasteiger partial charge on any atom is -0.545 e. The molecule has 0 amide bonds. The van der Waals surface area contributed by atoms with Gasteiger partial charge in [0.05, 0.1) is 62.3 Å². The number of ether oxygens (including phenoxy) is 1. The topological polar surface area (TPSA) is 404 Å². The summed E-state index contributed by atoms with van der Waals surface area (Å²) in [6.45, 7) is 1.49. The van der Waals surface area contributed by atoms with Gasteiger partial charge in [0.15, 0.2) is 0 Å². The molecule has 0 aliphatic carbocycles. The first-order valence-corrected chi connectivity index (χ1v) is 27.2. The number of aromatic carboxylic acids is 2. The van der Waals surface area contributed by atoms with Gasteiger partial charge in [-0.15, -0.1) is 5.11 Å². The number of methoxy groups -OCH3 is 1. The van der Waals surface area contributed by atoms with Crippen LogP contribution in [0.15, 0.2) is 146 Å². The second-order valence-corrected chi connectivity index (χ2v) is 21.6. The van der Waals surface area contributed by atoms with Gasteiger partial charge in [-0.25, -0.2) is 0 Å². The molecule has 0 spiro atoms. The number of carbonyl (C=O) groups is 2. The van der Waals surface area contributed by atoms with Gasteiger partial charge >= 0.3 is 79.4 Å². The number of benzene rings is 7. The molecule has 8 aromatic rings. The number of phenolic OH excluding ortho intramolecular Hbond substituents is 1. The van der Waals surface area contributed by atoms with E-state index in [9.17, 15) is 60.4 Å². The summed E-state index contributed by atoms with van der Waals surface area (Å²) in [7, 11) is -10.8. The van der Waals surface area contributed by atoms with Crippen molar-refractivity contribution in [1.82, 2.24) is 15.0 Å². The van der Waals surface area contributed by atoms with Gasteiger partial charge in [-0.1, -0.05) is 18.2 Å². The minimum absolute atomic E-state index is 0. The molecule has 412 valence electrons. The van der Waals surface area contributed by atoms with Crippen molar-refractivity contribution in [2.24, 2.45) is 20.5 Å². The molecule has 0 saturated heterocycles. The third-order valence-corrected chi connectivity index (χ3v) is 14.3. The van der Waals surface area contributed by atoms with E-state index in [0.717, 1.165) is 56.9 Å². The zero-order valence-electron chi connectivity index (χ0n) is 43.9. The first-order valence-electron chi connectivity index (χ1n) is 22.6. The Kier molecular flexibility index (Phi) is 20.0. The van der Waals surface area contributed by atoms with Crippen molar-refractivity contribution in [2.45, 2.75) is 16.7 Å². The van der Waals surface area contributed by atoms with Gasteiger partial charge in [-0.05, 0) is 114 Å². The average molecular weight is 1200 g/mol. The van der Waals surface area contributed by atoms with Crippen LogP contribution in [0.2, 0.25) is 0 Å². The SMILES string of the molecule is COc1cc(-c2c(S(=O)(=O)OC)cc3cc(OS(C)(=O)=O)cc(Nc4nc(Nc5ccccc5)nc(Nc5ccc(N=Nc6ccc(O)c(C(=O)[O-])c6)cc5)n4)c3c2O)c(C)cc1N=Nc1cc(C(=O)[O-])c(O)c(S(=O)(=O)OC)c1.[Na+].[Na+]. The van der Waals surface area contributed by atoms with E-state index < -0.39 is 86.1 Å². The molecular formula is C50H40N10Na2O17S3. The number of azo groups is 2. The zero-order chi connectivity index (χ0) is 57.8. The fourth-order valence-electron chi connectivity index (χ4n) is 7.64. The number of aryl methyl sites for hydroxylation is 1. The fraction of sp³-hybridized carbons (Fsp3) is 0.100. The van der Waals surface area contributed by atoms with Crippen LogP contribution < -0.4 is 94.2 Å². The molecule has 27 nitrogen and oxygen atoms in total. The third-order valence-electron chi connectivity index (χ3n) is 11.2. The molecule has 6 N–H and O–H groups in total. The Labute approximate surface area is 510 Å². The molecule has 0 bridgehead atoms. The number of carbonyl (C=O) groups excluding carboxylic acids is 2. The maximum Gasteiger partial charge on any atom is 1.00 e. The Morgan fingerprint density at radius 1 is 0.585 bits per heavy atom. The molecule has 0 aliphatic heterocycles. The van der Waals surface area contributed by atoms with Crippen molar-refractivity contribution >= 4 is 111 Å². The number of para-hydroxylation sites is 1. The standard InChI is InChI=1S/C50H42N10O17S3.2Na/c1-25-17-36(60-59-31-21-35(47(66)67)44(62)41(22-31)80(72,73)76-4)39(74-2)24-33(25)43-40(79(70,71)75-3)19-26-18-32(77-78(5,68)69)23-37(42(26)45(43)63)53-50-55-48(51-27-9-7-6-8-10-27)54-49(56-50)52-28-11-13-29(14-12-28)57-58-30-15-16-38(61)34(20-30)46(64)65;;/h6-24,61-63H,1-5H3,(H,64,65)(H,66,67)(H3,51,52,53,54,55,56);;/q;2*+1/p-2. The van der Waals surface area contributed by atoms with Crippen LogP contribution in [-0.4, -0.2) is 95.0 Å². The number of aromatic nitrogens is 3. The number of nitrogens with zero attached hydrogens (tertiary/aromatic N) is 7. The summed E-state index contributed by atoms with van der Waals surface area (Å²) in [4.78, 5) is 35.2. The number of hydrogen-bond donors (Lipinski definition) is 6. The average Bonchev–Trinajstić information content (AvgIpc) is 3.58. The monoisotopic (exact) mass is 1190 g/mol. The van der Waals surface area contributed by atoms with Gasteiger partial charge in [-0.2, -0.15) is 55.5 Å². The number of hydrogen-bond acceptors (Lipinski definition) is 27. The summed E-state index contributed by atoms with van der Waals surface area (Å²) in [5.74, 6) is -6.78. The van der Waals surface area contributed by atoms with Gasteiger partial charge in [0.2, 0.25) is 17.8 Å². The fourth-order valence-corrected chi connectivity index (χ4v) is 9.79. The van der Waals surface area contributed by atoms with Crippen LogP contribution in [0.4, 0.5) is 57.7 Å². The van der Waals surface area contributed by atoms with Crippen molar-refractivity contribution in [3.05, 3.63) is 132 Å². The van der Waals surface area contributed by atoms with Gasteiger partial charge in [0.1, 0.15) is 44.2 Å². The van der Waals surface area contributed by atoms with E-state index in [1.807, 2.05) is 0 Å². The Morgan fingerprint density at radius 3 is 1.72 bits per heavy atom. The molecule has 0 radical (unpaired) electrons. The molecule has 8 rings (SSSR count). The Hall–Kier alpha value is -7.88.